The SMILES string of the molecule is CC1C(I)CN(C)C(=O)C12CC2. The van der Waals surface area contributed by atoms with Crippen LogP contribution in [0.1, 0.15) is 19.8 Å². The van der Waals surface area contributed by atoms with Gasteiger partial charge in [-0.15, -0.1) is 0 Å². The number of amides is 1. The predicted octanol–water partition coefficient (Wildman–Crippen LogP) is 1.68. The average molecular weight is 279 g/mol. The van der Waals surface area contributed by atoms with E-state index in [2.05, 4.69) is 29.5 Å². The van der Waals surface area contributed by atoms with E-state index >= 15 is 0 Å². The van der Waals surface area contributed by atoms with Gasteiger partial charge in [-0.25, -0.2) is 0 Å². The third kappa shape index (κ3) is 1.01. The van der Waals surface area contributed by atoms with Gasteiger partial charge in [0.1, 0.15) is 0 Å². The van der Waals surface area contributed by atoms with Crippen LogP contribution in [0.25, 0.3) is 0 Å². The molecule has 1 heterocycles. The number of rotatable bonds is 0. The van der Waals surface area contributed by atoms with E-state index in [9.17, 15) is 4.79 Å². The van der Waals surface area contributed by atoms with Gasteiger partial charge in [-0.3, -0.25) is 4.79 Å². The Morgan fingerprint density at radius 1 is 1.58 bits per heavy atom. The Bertz CT molecular complexity index is 225. The Kier molecular flexibility index (Phi) is 1.90. The summed E-state index contributed by atoms with van der Waals surface area (Å²) in [7, 11) is 1.93. The first-order chi connectivity index (χ1) is 5.58. The molecule has 1 aliphatic carbocycles. The van der Waals surface area contributed by atoms with Crippen molar-refractivity contribution in [3.63, 3.8) is 0 Å². The quantitative estimate of drug-likeness (QED) is 0.488. The van der Waals surface area contributed by atoms with E-state index < -0.39 is 0 Å². The lowest BCUT2D eigenvalue weighted by Crippen LogP contribution is -2.49. The molecule has 3 heteroatoms. The number of halogens is 1. The van der Waals surface area contributed by atoms with Crippen LogP contribution >= 0.6 is 22.6 Å². The molecule has 1 aliphatic heterocycles. The largest absolute Gasteiger partial charge is 0.344 e. The van der Waals surface area contributed by atoms with Gasteiger partial charge in [0.15, 0.2) is 0 Å². The van der Waals surface area contributed by atoms with Gasteiger partial charge < -0.3 is 4.90 Å². The molecule has 0 N–H and O–H groups in total. The summed E-state index contributed by atoms with van der Waals surface area (Å²) in [6.45, 7) is 3.16. The van der Waals surface area contributed by atoms with Gasteiger partial charge >= 0.3 is 0 Å². The monoisotopic (exact) mass is 279 g/mol. The van der Waals surface area contributed by atoms with Crippen molar-refractivity contribution in [2.75, 3.05) is 13.6 Å². The van der Waals surface area contributed by atoms with Gasteiger partial charge in [0.2, 0.25) is 5.91 Å². The zero-order valence-electron chi connectivity index (χ0n) is 7.51. The predicted molar refractivity (Wildman–Crippen MR) is 56.3 cm³/mol. The Labute approximate surface area is 86.8 Å². The molecule has 0 aromatic heterocycles. The van der Waals surface area contributed by atoms with Gasteiger partial charge in [-0.2, -0.15) is 0 Å². The number of piperidine rings is 1. The summed E-state index contributed by atoms with van der Waals surface area (Å²) in [6.07, 6.45) is 2.24. The second-order valence-electron chi connectivity index (χ2n) is 4.15. The third-order valence-corrected chi connectivity index (χ3v) is 4.90. The Morgan fingerprint density at radius 2 is 2.17 bits per heavy atom. The van der Waals surface area contributed by atoms with Gasteiger partial charge in [0.25, 0.3) is 0 Å². The molecular formula is C9H14INO. The highest BCUT2D eigenvalue weighted by molar-refractivity contribution is 14.1. The molecule has 68 valence electrons. The average Bonchev–Trinajstić information content (AvgIpc) is 2.79. The molecular weight excluding hydrogens is 265 g/mol. The number of carbonyl (C=O) groups is 1. The van der Waals surface area contributed by atoms with Crippen molar-refractivity contribution >= 4 is 28.5 Å². The van der Waals surface area contributed by atoms with E-state index in [1.54, 1.807) is 0 Å². The lowest BCUT2D eigenvalue weighted by Gasteiger charge is -2.38. The van der Waals surface area contributed by atoms with Crippen LogP contribution in [-0.4, -0.2) is 28.3 Å². The number of hydrogen-bond acceptors (Lipinski definition) is 1. The molecule has 1 saturated carbocycles. The van der Waals surface area contributed by atoms with Crippen molar-refractivity contribution in [2.45, 2.75) is 23.7 Å². The first kappa shape index (κ1) is 8.78. The second kappa shape index (κ2) is 2.59. The zero-order chi connectivity index (χ0) is 8.93. The summed E-state index contributed by atoms with van der Waals surface area (Å²) in [6, 6.07) is 0. The van der Waals surface area contributed by atoms with E-state index in [1.807, 2.05) is 11.9 Å². The summed E-state index contributed by atoms with van der Waals surface area (Å²) in [4.78, 5) is 13.7. The number of likely N-dealkylation sites (tertiary alicyclic amines) is 1. The standard InChI is InChI=1S/C9H14INO/c1-6-7(10)5-11(2)8(12)9(6)3-4-9/h6-7H,3-5H2,1-2H3. The smallest absolute Gasteiger partial charge is 0.228 e. The van der Waals surface area contributed by atoms with Crippen LogP contribution in [0.5, 0.6) is 0 Å². The number of hydrogen-bond donors (Lipinski definition) is 0. The van der Waals surface area contributed by atoms with Crippen molar-refractivity contribution in [1.82, 2.24) is 4.90 Å². The van der Waals surface area contributed by atoms with E-state index in [-0.39, 0.29) is 5.41 Å². The molecule has 0 bridgehead atoms. The van der Waals surface area contributed by atoms with Crippen LogP contribution in [0.4, 0.5) is 0 Å². The van der Waals surface area contributed by atoms with Crippen LogP contribution in [0.2, 0.25) is 0 Å². The number of carbonyl (C=O) groups excluding carboxylic acids is 1. The molecule has 2 fully saturated rings. The lowest BCUT2D eigenvalue weighted by molar-refractivity contribution is -0.140. The van der Waals surface area contributed by atoms with E-state index in [0.29, 0.717) is 15.7 Å². The summed E-state index contributed by atoms with van der Waals surface area (Å²) < 4.78 is 0.646. The van der Waals surface area contributed by atoms with Gasteiger partial charge in [-0.1, -0.05) is 29.5 Å². The van der Waals surface area contributed by atoms with Crippen molar-refractivity contribution in [3.8, 4) is 0 Å². The molecule has 2 unspecified atom stereocenters. The highest BCUT2D eigenvalue weighted by Gasteiger charge is 2.58. The van der Waals surface area contributed by atoms with Crippen molar-refractivity contribution < 1.29 is 4.79 Å². The van der Waals surface area contributed by atoms with E-state index in [4.69, 9.17) is 0 Å². The molecule has 0 aromatic rings. The second-order valence-corrected chi connectivity index (χ2v) is 5.75. The molecule has 2 atom stereocenters. The van der Waals surface area contributed by atoms with Crippen LogP contribution in [-0.2, 0) is 4.79 Å². The summed E-state index contributed by atoms with van der Waals surface area (Å²) >= 11 is 2.48. The molecule has 12 heavy (non-hydrogen) atoms. The maximum absolute atomic E-state index is 11.8. The molecule has 0 radical (unpaired) electrons. The van der Waals surface area contributed by atoms with Gasteiger partial charge in [-0.05, 0) is 18.8 Å². The molecule has 2 aliphatic rings. The minimum Gasteiger partial charge on any atom is -0.344 e. The van der Waals surface area contributed by atoms with Crippen molar-refractivity contribution in [3.05, 3.63) is 0 Å². The minimum absolute atomic E-state index is 0.0683. The maximum Gasteiger partial charge on any atom is 0.228 e. The number of nitrogens with zero attached hydrogens (tertiary/aromatic N) is 1. The molecule has 0 aromatic carbocycles. The Hall–Kier alpha value is 0.200. The van der Waals surface area contributed by atoms with Crippen LogP contribution in [0.15, 0.2) is 0 Å². The molecule has 1 spiro atoms. The summed E-state index contributed by atoms with van der Waals surface area (Å²) in [5, 5.41) is 0. The Balaban J connectivity index is 2.24. The van der Waals surface area contributed by atoms with E-state index in [0.717, 1.165) is 19.4 Å². The van der Waals surface area contributed by atoms with Crippen molar-refractivity contribution in [1.29, 1.82) is 0 Å². The fourth-order valence-electron chi connectivity index (χ4n) is 2.23. The third-order valence-electron chi connectivity index (χ3n) is 3.42. The number of alkyl halides is 1. The summed E-state index contributed by atoms with van der Waals surface area (Å²) in [5.41, 5.74) is 0.0683. The molecule has 1 amide bonds. The van der Waals surface area contributed by atoms with Crippen LogP contribution < -0.4 is 0 Å². The normalized spacial score (nSPS) is 38.9. The molecule has 1 saturated heterocycles. The first-order valence-electron chi connectivity index (χ1n) is 4.47. The first-order valence-corrected chi connectivity index (χ1v) is 5.72. The highest BCUT2D eigenvalue weighted by atomic mass is 127. The van der Waals surface area contributed by atoms with Gasteiger partial charge in [0.05, 0.1) is 5.41 Å². The fraction of sp³-hybridized carbons (Fsp3) is 0.889. The maximum atomic E-state index is 11.8. The van der Waals surface area contributed by atoms with Gasteiger partial charge in [0, 0.05) is 17.5 Å². The molecule has 2 rings (SSSR count). The summed E-state index contributed by atoms with van der Waals surface area (Å²) in [5.74, 6) is 0.977. The topological polar surface area (TPSA) is 20.3 Å². The van der Waals surface area contributed by atoms with E-state index in [1.165, 1.54) is 0 Å². The minimum atomic E-state index is 0.0683. The zero-order valence-corrected chi connectivity index (χ0v) is 9.67. The molecule has 2 nitrogen and oxygen atoms in total. The van der Waals surface area contributed by atoms with Crippen LogP contribution in [0.3, 0.4) is 0 Å². The van der Waals surface area contributed by atoms with Crippen LogP contribution in [0, 0.1) is 11.3 Å². The fourth-order valence-corrected chi connectivity index (χ4v) is 3.51. The Morgan fingerprint density at radius 3 is 2.67 bits per heavy atom. The lowest BCUT2D eigenvalue weighted by atomic mass is 9.83. The van der Waals surface area contributed by atoms with Crippen molar-refractivity contribution in [2.24, 2.45) is 11.3 Å². The highest BCUT2D eigenvalue weighted by Crippen LogP contribution is 2.57.